The number of hydrogen-bond acceptors (Lipinski definition) is 5. The van der Waals surface area contributed by atoms with Crippen molar-refractivity contribution in [2.45, 2.75) is 25.8 Å². The van der Waals surface area contributed by atoms with Crippen molar-refractivity contribution in [1.29, 1.82) is 5.41 Å². The first kappa shape index (κ1) is 22.1. The summed E-state index contributed by atoms with van der Waals surface area (Å²) in [5.41, 5.74) is 2.23. The van der Waals surface area contributed by atoms with Crippen LogP contribution in [0.2, 0.25) is 0 Å². The van der Waals surface area contributed by atoms with E-state index in [9.17, 15) is 14.7 Å². The second-order valence-corrected chi connectivity index (χ2v) is 6.90. The van der Waals surface area contributed by atoms with Crippen molar-refractivity contribution in [3.8, 4) is 5.75 Å². The molecule has 2 aromatic carbocycles. The van der Waals surface area contributed by atoms with Crippen LogP contribution in [-0.4, -0.2) is 49.3 Å². The molecule has 4 N–H and O–H groups in total. The fourth-order valence-electron chi connectivity index (χ4n) is 3.10. The van der Waals surface area contributed by atoms with E-state index < -0.39 is 0 Å². The number of para-hydroxylation sites is 2. The van der Waals surface area contributed by atoms with Crippen LogP contribution in [-0.2, 0) is 16.0 Å². The second kappa shape index (κ2) is 11.0. The first-order chi connectivity index (χ1) is 14.0. The van der Waals surface area contributed by atoms with Gasteiger partial charge in [-0.15, -0.1) is 0 Å². The molecule has 0 aliphatic rings. The number of nitrogens with one attached hydrogen (secondary N) is 3. The van der Waals surface area contributed by atoms with Crippen LogP contribution in [0.1, 0.15) is 24.5 Å². The average molecular weight is 396 g/mol. The Balaban J connectivity index is 2.09. The fourth-order valence-corrected chi connectivity index (χ4v) is 3.10. The van der Waals surface area contributed by atoms with Crippen molar-refractivity contribution in [2.24, 2.45) is 0 Å². The van der Waals surface area contributed by atoms with Crippen LogP contribution in [0.5, 0.6) is 5.75 Å². The van der Waals surface area contributed by atoms with Gasteiger partial charge in [0.2, 0.25) is 12.3 Å². The zero-order chi connectivity index (χ0) is 21.2. The monoisotopic (exact) mass is 396 g/mol. The van der Waals surface area contributed by atoms with Crippen molar-refractivity contribution >= 4 is 23.7 Å². The summed E-state index contributed by atoms with van der Waals surface area (Å²) in [7, 11) is 1.72. The maximum Gasteiger partial charge on any atom is 0.234 e. The Bertz CT molecular complexity index is 853. The average Bonchev–Trinajstić information content (AvgIpc) is 2.71. The van der Waals surface area contributed by atoms with Gasteiger partial charge in [0.15, 0.2) is 0 Å². The minimum atomic E-state index is -0.0566. The number of anilines is 1. The number of aryl methyl sites for hydroxylation is 1. The van der Waals surface area contributed by atoms with Crippen molar-refractivity contribution in [3.05, 3.63) is 59.7 Å². The predicted molar refractivity (Wildman–Crippen MR) is 115 cm³/mol. The molecule has 1 atom stereocenters. The van der Waals surface area contributed by atoms with Crippen LogP contribution < -0.4 is 15.5 Å². The maximum absolute atomic E-state index is 11.8. The number of carbonyl (C=O) groups excluding carboxylic acids is 2. The maximum atomic E-state index is 11.8. The van der Waals surface area contributed by atoms with Gasteiger partial charge in [0.1, 0.15) is 5.75 Å². The Hall–Kier alpha value is -3.19. The molecule has 2 aromatic rings. The molecule has 0 aliphatic carbocycles. The van der Waals surface area contributed by atoms with Gasteiger partial charge >= 0.3 is 0 Å². The highest BCUT2D eigenvalue weighted by Crippen LogP contribution is 2.23. The number of nitrogens with zero attached hydrogens (tertiary/aromatic N) is 1. The minimum absolute atomic E-state index is 0.00634. The summed E-state index contributed by atoms with van der Waals surface area (Å²) in [6.07, 6.45) is 2.09. The largest absolute Gasteiger partial charge is 0.507 e. The fraction of sp³-hybridized carbons (Fsp3) is 0.318. The molecule has 0 radical (unpaired) electrons. The molecule has 0 fully saturated rings. The van der Waals surface area contributed by atoms with E-state index in [-0.39, 0.29) is 36.5 Å². The Morgan fingerprint density at radius 1 is 1.21 bits per heavy atom. The van der Waals surface area contributed by atoms with Gasteiger partial charge in [0.25, 0.3) is 0 Å². The van der Waals surface area contributed by atoms with Crippen LogP contribution in [0, 0.1) is 5.41 Å². The molecule has 0 heterocycles. The van der Waals surface area contributed by atoms with E-state index >= 15 is 0 Å². The summed E-state index contributed by atoms with van der Waals surface area (Å²) >= 11 is 0. The third kappa shape index (κ3) is 6.43. The SMILES string of the molecule is CNCC(=O)NC(C)CCc1ccccc1N(C=O)CC(=N)c1ccccc1O. The van der Waals surface area contributed by atoms with Gasteiger partial charge in [-0.1, -0.05) is 30.3 Å². The van der Waals surface area contributed by atoms with Crippen LogP contribution >= 0.6 is 0 Å². The van der Waals surface area contributed by atoms with Crippen LogP contribution in [0.15, 0.2) is 48.5 Å². The van der Waals surface area contributed by atoms with E-state index in [1.165, 1.54) is 11.0 Å². The molecule has 2 rings (SSSR count). The smallest absolute Gasteiger partial charge is 0.234 e. The number of hydrogen-bond donors (Lipinski definition) is 4. The van der Waals surface area contributed by atoms with Gasteiger partial charge in [0.05, 0.1) is 18.8 Å². The van der Waals surface area contributed by atoms with Crippen molar-refractivity contribution in [1.82, 2.24) is 10.6 Å². The number of phenols is 1. The summed E-state index contributed by atoms with van der Waals surface area (Å²) in [5.74, 6) is -0.0401. The normalized spacial score (nSPS) is 11.5. The van der Waals surface area contributed by atoms with Crippen LogP contribution in [0.25, 0.3) is 0 Å². The van der Waals surface area contributed by atoms with E-state index in [4.69, 9.17) is 5.41 Å². The summed E-state index contributed by atoms with van der Waals surface area (Å²) in [4.78, 5) is 24.9. The lowest BCUT2D eigenvalue weighted by Gasteiger charge is -2.22. The first-order valence-electron chi connectivity index (χ1n) is 9.55. The summed E-state index contributed by atoms with van der Waals surface area (Å²) < 4.78 is 0. The van der Waals surface area contributed by atoms with E-state index in [2.05, 4.69) is 10.6 Å². The first-order valence-corrected chi connectivity index (χ1v) is 9.55. The van der Waals surface area contributed by atoms with E-state index in [1.807, 2.05) is 31.2 Å². The molecular formula is C22H28N4O3. The molecule has 0 saturated carbocycles. The third-order valence-corrected chi connectivity index (χ3v) is 4.58. The van der Waals surface area contributed by atoms with Gasteiger partial charge in [0, 0.05) is 17.3 Å². The van der Waals surface area contributed by atoms with Crippen molar-refractivity contribution in [3.63, 3.8) is 0 Å². The van der Waals surface area contributed by atoms with Crippen molar-refractivity contribution in [2.75, 3.05) is 25.0 Å². The quantitative estimate of drug-likeness (QED) is 0.345. The molecule has 7 nitrogen and oxygen atoms in total. The van der Waals surface area contributed by atoms with Gasteiger partial charge in [-0.2, -0.15) is 0 Å². The highest BCUT2D eigenvalue weighted by molar-refractivity contribution is 6.05. The Labute approximate surface area is 171 Å². The Morgan fingerprint density at radius 2 is 1.90 bits per heavy atom. The highest BCUT2D eigenvalue weighted by Gasteiger charge is 2.16. The topological polar surface area (TPSA) is 106 Å². The summed E-state index contributed by atoms with van der Waals surface area (Å²) in [5, 5.41) is 24.0. The molecule has 0 bridgehead atoms. The van der Waals surface area contributed by atoms with E-state index in [1.54, 1.807) is 25.2 Å². The number of rotatable bonds is 11. The molecule has 0 aromatic heterocycles. The zero-order valence-corrected chi connectivity index (χ0v) is 16.8. The van der Waals surface area contributed by atoms with Crippen molar-refractivity contribution < 1.29 is 14.7 Å². The Kier molecular flexibility index (Phi) is 8.36. The molecule has 154 valence electrons. The van der Waals surface area contributed by atoms with Gasteiger partial charge < -0.3 is 26.0 Å². The molecule has 29 heavy (non-hydrogen) atoms. The number of phenolic OH excluding ortho intramolecular Hbond substituents is 1. The molecule has 7 heteroatoms. The summed E-state index contributed by atoms with van der Waals surface area (Å²) in [6.45, 7) is 2.27. The number of amides is 2. The van der Waals surface area contributed by atoms with E-state index in [0.29, 0.717) is 18.4 Å². The lowest BCUT2D eigenvalue weighted by atomic mass is 10.0. The number of benzene rings is 2. The number of aromatic hydroxyl groups is 1. The molecular weight excluding hydrogens is 368 g/mol. The van der Waals surface area contributed by atoms with Gasteiger partial charge in [-0.25, -0.2) is 0 Å². The molecule has 0 saturated heterocycles. The molecule has 1 unspecified atom stereocenters. The third-order valence-electron chi connectivity index (χ3n) is 4.58. The second-order valence-electron chi connectivity index (χ2n) is 6.90. The number of likely N-dealkylation sites (N-methyl/N-ethyl adjacent to an activating group) is 1. The van der Waals surface area contributed by atoms with Crippen LogP contribution in [0.3, 0.4) is 0 Å². The lowest BCUT2D eigenvalue weighted by molar-refractivity contribution is -0.120. The standard InChI is InChI=1S/C22H28N4O3/c1-16(25-22(29)13-24-2)11-12-17-7-3-5-9-20(17)26(15-27)14-19(23)18-8-4-6-10-21(18)28/h3-10,15-16,23-24,28H,11-14H2,1-2H3,(H,25,29). The highest BCUT2D eigenvalue weighted by atomic mass is 16.3. The van der Waals surface area contributed by atoms with E-state index in [0.717, 1.165) is 17.7 Å². The zero-order valence-electron chi connectivity index (χ0n) is 16.8. The predicted octanol–water partition coefficient (Wildman–Crippen LogP) is 2.08. The van der Waals surface area contributed by atoms with Crippen LogP contribution in [0.4, 0.5) is 5.69 Å². The Morgan fingerprint density at radius 3 is 2.59 bits per heavy atom. The molecule has 0 aliphatic heterocycles. The van der Waals surface area contributed by atoms with Gasteiger partial charge in [-0.05, 0) is 50.6 Å². The molecule has 0 spiro atoms. The van der Waals surface area contributed by atoms with Gasteiger partial charge in [-0.3, -0.25) is 9.59 Å². The minimum Gasteiger partial charge on any atom is -0.507 e. The summed E-state index contributed by atoms with van der Waals surface area (Å²) in [6, 6.07) is 14.1. The number of carbonyl (C=O) groups is 2. The lowest BCUT2D eigenvalue weighted by Crippen LogP contribution is -2.38. The molecule has 2 amide bonds.